The fourth-order valence-corrected chi connectivity index (χ4v) is 2.08. The van der Waals surface area contributed by atoms with Gasteiger partial charge >= 0.3 is 0 Å². The summed E-state index contributed by atoms with van der Waals surface area (Å²) in [6, 6.07) is 6.66. The molecule has 0 unspecified atom stereocenters. The molecule has 0 atom stereocenters. The third kappa shape index (κ3) is 3.01. The molecule has 1 heterocycles. The zero-order chi connectivity index (χ0) is 14.0. The molecular weight excluding hydrogens is 265 g/mol. The van der Waals surface area contributed by atoms with Crippen molar-refractivity contribution in [3.05, 3.63) is 52.2 Å². The molecule has 1 aromatic carbocycles. The van der Waals surface area contributed by atoms with E-state index >= 15 is 0 Å². The van der Waals surface area contributed by atoms with E-state index in [1.807, 2.05) is 20.9 Å². The minimum absolute atomic E-state index is 0.234. The van der Waals surface area contributed by atoms with Gasteiger partial charge in [0.1, 0.15) is 5.82 Å². The van der Waals surface area contributed by atoms with E-state index in [4.69, 9.17) is 11.6 Å². The highest BCUT2D eigenvalue weighted by Gasteiger charge is 2.13. The van der Waals surface area contributed by atoms with Crippen LogP contribution in [0.25, 0.3) is 0 Å². The lowest BCUT2D eigenvalue weighted by atomic mass is 10.2. The van der Waals surface area contributed by atoms with E-state index in [0.29, 0.717) is 23.1 Å². The van der Waals surface area contributed by atoms with Crippen molar-refractivity contribution in [2.75, 3.05) is 11.9 Å². The van der Waals surface area contributed by atoms with Crippen molar-refractivity contribution in [3.63, 3.8) is 0 Å². The third-order valence-electron chi connectivity index (χ3n) is 2.97. The van der Waals surface area contributed by atoms with E-state index in [-0.39, 0.29) is 5.82 Å². The van der Waals surface area contributed by atoms with Gasteiger partial charge in [-0.15, -0.1) is 0 Å². The van der Waals surface area contributed by atoms with E-state index < -0.39 is 0 Å². The maximum Gasteiger partial charge on any atom is 0.171 e. The summed E-state index contributed by atoms with van der Waals surface area (Å²) in [5.74, 6) is 0.329. The Morgan fingerprint density at radius 3 is 2.47 bits per heavy atom. The van der Waals surface area contributed by atoms with Crippen LogP contribution in [0.1, 0.15) is 17.0 Å². The molecule has 0 aliphatic carbocycles. The molecule has 0 saturated heterocycles. The van der Waals surface area contributed by atoms with Crippen LogP contribution in [0.2, 0.25) is 5.15 Å². The van der Waals surface area contributed by atoms with Gasteiger partial charge in [0, 0.05) is 19.2 Å². The second kappa shape index (κ2) is 5.53. The van der Waals surface area contributed by atoms with Crippen LogP contribution in [0.3, 0.4) is 0 Å². The van der Waals surface area contributed by atoms with Crippen LogP contribution < -0.4 is 4.90 Å². The van der Waals surface area contributed by atoms with Crippen molar-refractivity contribution in [1.82, 2.24) is 9.97 Å². The number of nitrogens with zero attached hydrogens (tertiary/aromatic N) is 3. The number of rotatable bonds is 3. The average Bonchev–Trinajstić information content (AvgIpc) is 2.36. The summed E-state index contributed by atoms with van der Waals surface area (Å²) < 4.78 is 13.6. The number of hydrogen-bond acceptors (Lipinski definition) is 3. The van der Waals surface area contributed by atoms with Crippen LogP contribution in [-0.2, 0) is 6.54 Å². The lowest BCUT2D eigenvalue weighted by molar-refractivity contribution is 0.607. The highest BCUT2D eigenvalue weighted by atomic mass is 35.5. The topological polar surface area (TPSA) is 29.0 Å². The number of anilines is 1. The Labute approximate surface area is 117 Å². The number of benzene rings is 1. The number of aromatic nitrogens is 2. The van der Waals surface area contributed by atoms with Gasteiger partial charge in [-0.3, -0.25) is 0 Å². The Hall–Kier alpha value is -1.68. The molecule has 0 saturated carbocycles. The van der Waals surface area contributed by atoms with E-state index in [0.717, 1.165) is 11.4 Å². The summed E-state index contributed by atoms with van der Waals surface area (Å²) in [6.07, 6.45) is 0. The molecule has 0 spiro atoms. The van der Waals surface area contributed by atoms with Gasteiger partial charge in [-0.25, -0.2) is 14.4 Å². The van der Waals surface area contributed by atoms with Crippen molar-refractivity contribution >= 4 is 17.4 Å². The summed E-state index contributed by atoms with van der Waals surface area (Å²) in [5.41, 5.74) is 2.22. The van der Waals surface area contributed by atoms with Gasteiger partial charge < -0.3 is 4.90 Å². The van der Waals surface area contributed by atoms with Gasteiger partial charge in [-0.05, 0) is 19.9 Å². The fourth-order valence-electron chi connectivity index (χ4n) is 1.76. The summed E-state index contributed by atoms with van der Waals surface area (Å²) in [5, 5.41) is 0.335. The van der Waals surface area contributed by atoms with E-state index in [2.05, 4.69) is 9.97 Å². The molecule has 100 valence electrons. The molecule has 2 aromatic rings. The number of hydrogen-bond donors (Lipinski definition) is 0. The molecular formula is C14H15ClFN3. The van der Waals surface area contributed by atoms with Gasteiger partial charge in [0.15, 0.2) is 11.0 Å². The second-order valence-corrected chi connectivity index (χ2v) is 4.81. The van der Waals surface area contributed by atoms with Crippen LogP contribution in [-0.4, -0.2) is 17.0 Å². The maximum absolute atomic E-state index is 13.6. The van der Waals surface area contributed by atoms with Crippen LogP contribution >= 0.6 is 11.6 Å². The largest absolute Gasteiger partial charge is 0.353 e. The first-order chi connectivity index (χ1) is 8.99. The van der Waals surface area contributed by atoms with Gasteiger partial charge in [-0.2, -0.15) is 0 Å². The highest BCUT2D eigenvalue weighted by molar-refractivity contribution is 6.31. The molecule has 0 amide bonds. The van der Waals surface area contributed by atoms with Crippen LogP contribution in [0.15, 0.2) is 24.3 Å². The van der Waals surface area contributed by atoms with Gasteiger partial charge in [0.25, 0.3) is 0 Å². The fraction of sp³-hybridized carbons (Fsp3) is 0.286. The molecule has 19 heavy (non-hydrogen) atoms. The monoisotopic (exact) mass is 279 g/mol. The lowest BCUT2D eigenvalue weighted by Crippen LogP contribution is -2.20. The summed E-state index contributed by atoms with van der Waals surface area (Å²) >= 11 is 6.09. The Morgan fingerprint density at radius 2 is 1.79 bits per heavy atom. The maximum atomic E-state index is 13.6. The predicted octanol–water partition coefficient (Wildman–Crippen LogP) is 3.52. The van der Waals surface area contributed by atoms with Crippen molar-refractivity contribution in [1.29, 1.82) is 0 Å². The van der Waals surface area contributed by atoms with Crippen LogP contribution in [0.5, 0.6) is 0 Å². The van der Waals surface area contributed by atoms with Gasteiger partial charge in [-0.1, -0.05) is 29.8 Å². The third-order valence-corrected chi connectivity index (χ3v) is 3.23. The lowest BCUT2D eigenvalue weighted by Gasteiger charge is -2.20. The first-order valence-corrected chi connectivity index (χ1v) is 6.32. The number of halogens is 2. The summed E-state index contributed by atoms with van der Waals surface area (Å²) in [6.45, 7) is 4.12. The Bertz CT molecular complexity index is 601. The molecule has 0 bridgehead atoms. The Kier molecular flexibility index (Phi) is 4.00. The molecule has 2 rings (SSSR count). The Morgan fingerprint density at radius 1 is 1.16 bits per heavy atom. The van der Waals surface area contributed by atoms with Gasteiger partial charge in [0.05, 0.1) is 11.4 Å². The van der Waals surface area contributed by atoms with Gasteiger partial charge in [0.2, 0.25) is 0 Å². The predicted molar refractivity (Wildman–Crippen MR) is 75.0 cm³/mol. The number of aryl methyl sites for hydroxylation is 2. The molecule has 5 heteroatoms. The second-order valence-electron chi connectivity index (χ2n) is 4.46. The van der Waals surface area contributed by atoms with E-state index in [1.165, 1.54) is 6.07 Å². The van der Waals surface area contributed by atoms with Crippen LogP contribution in [0.4, 0.5) is 10.2 Å². The van der Waals surface area contributed by atoms with Crippen molar-refractivity contribution < 1.29 is 4.39 Å². The smallest absolute Gasteiger partial charge is 0.171 e. The molecule has 0 aliphatic heterocycles. The molecule has 0 fully saturated rings. The standard InChI is InChI=1S/C14H15ClFN3/c1-9-10(2)18-14(13(15)17-9)19(3)8-11-6-4-5-7-12(11)16/h4-7H,8H2,1-3H3. The average molecular weight is 280 g/mol. The van der Waals surface area contributed by atoms with E-state index in [9.17, 15) is 4.39 Å². The quantitative estimate of drug-likeness (QED) is 0.861. The van der Waals surface area contributed by atoms with E-state index in [1.54, 1.807) is 23.1 Å². The highest BCUT2D eigenvalue weighted by Crippen LogP contribution is 2.23. The van der Waals surface area contributed by atoms with Crippen molar-refractivity contribution in [2.24, 2.45) is 0 Å². The minimum Gasteiger partial charge on any atom is -0.353 e. The molecule has 3 nitrogen and oxygen atoms in total. The first-order valence-electron chi connectivity index (χ1n) is 5.94. The molecule has 0 radical (unpaired) electrons. The Balaban J connectivity index is 2.28. The van der Waals surface area contributed by atoms with Crippen LogP contribution in [0, 0.1) is 19.7 Å². The normalized spacial score (nSPS) is 10.6. The minimum atomic E-state index is -0.234. The summed E-state index contributed by atoms with van der Waals surface area (Å²) in [4.78, 5) is 10.4. The SMILES string of the molecule is Cc1nc(Cl)c(N(C)Cc2ccccc2F)nc1C. The molecule has 1 aromatic heterocycles. The first kappa shape index (κ1) is 13.7. The molecule has 0 N–H and O–H groups in total. The zero-order valence-corrected chi connectivity index (χ0v) is 11.9. The summed E-state index contributed by atoms with van der Waals surface area (Å²) in [7, 11) is 1.82. The van der Waals surface area contributed by atoms with Crippen molar-refractivity contribution in [3.8, 4) is 0 Å². The molecule has 0 aliphatic rings. The zero-order valence-electron chi connectivity index (χ0n) is 11.1. The van der Waals surface area contributed by atoms with Crippen molar-refractivity contribution in [2.45, 2.75) is 20.4 Å².